The summed E-state index contributed by atoms with van der Waals surface area (Å²) in [5, 5.41) is 3.24. The highest BCUT2D eigenvalue weighted by Gasteiger charge is 2.31. The van der Waals surface area contributed by atoms with E-state index in [9.17, 15) is 8.78 Å². The molecule has 0 bridgehead atoms. The molecule has 1 nitrogen and oxygen atoms in total. The summed E-state index contributed by atoms with van der Waals surface area (Å²) in [7, 11) is 0. The third-order valence-corrected chi connectivity index (χ3v) is 4.98. The summed E-state index contributed by atoms with van der Waals surface area (Å²) >= 11 is 3.01. The van der Waals surface area contributed by atoms with E-state index < -0.39 is 11.6 Å². The van der Waals surface area contributed by atoms with Crippen molar-refractivity contribution in [2.45, 2.75) is 46.1 Å². The topological polar surface area (TPSA) is 12.0 Å². The summed E-state index contributed by atoms with van der Waals surface area (Å²) in [5.74, 6) is 0.851. The van der Waals surface area contributed by atoms with Gasteiger partial charge in [-0.15, -0.1) is 0 Å². The summed E-state index contributed by atoms with van der Waals surface area (Å²) in [4.78, 5) is 0. The van der Waals surface area contributed by atoms with Gasteiger partial charge < -0.3 is 5.32 Å². The highest BCUT2D eigenvalue weighted by molar-refractivity contribution is 9.10. The predicted octanol–water partition coefficient (Wildman–Crippen LogP) is 5.60. The standard InChI is InChI=1S/C16H22BrF2N/c1-9(2)11-5-4-10(3)6-15(11)20-16-8-13(18)12(17)7-14(16)19/h7-11,15,20H,4-6H2,1-3H3. The van der Waals surface area contributed by atoms with Crippen molar-refractivity contribution in [1.82, 2.24) is 0 Å². The third kappa shape index (κ3) is 3.51. The second-order valence-electron chi connectivity index (χ2n) is 6.32. The Labute approximate surface area is 128 Å². The molecule has 1 aromatic carbocycles. The fourth-order valence-corrected chi connectivity index (χ4v) is 3.52. The average molecular weight is 346 g/mol. The first-order valence-electron chi connectivity index (χ1n) is 7.29. The fourth-order valence-electron chi connectivity index (χ4n) is 3.20. The van der Waals surface area contributed by atoms with Gasteiger partial charge in [-0.25, -0.2) is 8.78 Å². The van der Waals surface area contributed by atoms with Crippen LogP contribution in [0.25, 0.3) is 0 Å². The number of benzene rings is 1. The lowest BCUT2D eigenvalue weighted by atomic mass is 9.74. The molecule has 1 saturated carbocycles. The SMILES string of the molecule is CC1CCC(C(C)C)C(Nc2cc(F)c(Br)cc2F)C1. The first-order chi connectivity index (χ1) is 9.38. The Balaban J connectivity index is 2.20. The van der Waals surface area contributed by atoms with Crippen LogP contribution in [0, 0.1) is 29.4 Å². The molecule has 0 aliphatic heterocycles. The van der Waals surface area contributed by atoms with Crippen LogP contribution >= 0.6 is 15.9 Å². The van der Waals surface area contributed by atoms with Gasteiger partial charge in [0.1, 0.15) is 11.6 Å². The van der Waals surface area contributed by atoms with Gasteiger partial charge in [0.2, 0.25) is 0 Å². The van der Waals surface area contributed by atoms with Crippen LogP contribution in [0.4, 0.5) is 14.5 Å². The van der Waals surface area contributed by atoms with Crippen LogP contribution in [-0.2, 0) is 0 Å². The summed E-state index contributed by atoms with van der Waals surface area (Å²) in [6.07, 6.45) is 3.38. The quantitative estimate of drug-likeness (QED) is 0.703. The van der Waals surface area contributed by atoms with Crippen molar-refractivity contribution in [2.75, 3.05) is 5.32 Å². The maximum Gasteiger partial charge on any atom is 0.147 e. The van der Waals surface area contributed by atoms with E-state index in [0.717, 1.165) is 12.8 Å². The Bertz CT molecular complexity index is 476. The summed E-state index contributed by atoms with van der Waals surface area (Å²) in [6.45, 7) is 6.63. The first kappa shape index (κ1) is 15.7. The summed E-state index contributed by atoms with van der Waals surface area (Å²) in [6, 6.07) is 2.65. The molecule has 0 aromatic heterocycles. The molecule has 0 amide bonds. The van der Waals surface area contributed by atoms with Gasteiger partial charge in [-0.3, -0.25) is 0 Å². The maximum atomic E-state index is 14.0. The lowest BCUT2D eigenvalue weighted by Gasteiger charge is -2.38. The molecular formula is C16H22BrF2N. The molecule has 3 unspecified atom stereocenters. The Morgan fingerprint density at radius 3 is 2.55 bits per heavy atom. The summed E-state index contributed by atoms with van der Waals surface area (Å²) in [5.41, 5.74) is 0.274. The first-order valence-corrected chi connectivity index (χ1v) is 8.09. The van der Waals surface area contributed by atoms with Gasteiger partial charge in [0.05, 0.1) is 10.2 Å². The van der Waals surface area contributed by atoms with Crippen LogP contribution in [0.5, 0.6) is 0 Å². The smallest absolute Gasteiger partial charge is 0.147 e. The second kappa shape index (κ2) is 6.42. The number of hydrogen-bond donors (Lipinski definition) is 1. The van der Waals surface area contributed by atoms with Crippen molar-refractivity contribution in [3.05, 3.63) is 28.2 Å². The highest BCUT2D eigenvalue weighted by atomic mass is 79.9. The van der Waals surface area contributed by atoms with Crippen molar-refractivity contribution in [3.63, 3.8) is 0 Å². The molecule has 1 aliphatic rings. The van der Waals surface area contributed by atoms with Crippen molar-refractivity contribution in [2.24, 2.45) is 17.8 Å². The fraction of sp³-hybridized carbons (Fsp3) is 0.625. The lowest BCUT2D eigenvalue weighted by molar-refractivity contribution is 0.211. The molecular weight excluding hydrogens is 324 g/mol. The zero-order chi connectivity index (χ0) is 14.9. The van der Waals surface area contributed by atoms with Crippen LogP contribution < -0.4 is 5.32 Å². The number of hydrogen-bond acceptors (Lipinski definition) is 1. The molecule has 1 fully saturated rings. The molecule has 2 rings (SSSR count). The van der Waals surface area contributed by atoms with Gasteiger partial charge in [-0.1, -0.05) is 27.2 Å². The molecule has 0 saturated heterocycles. The Kier molecular flexibility index (Phi) is 5.05. The molecule has 0 spiro atoms. The molecule has 20 heavy (non-hydrogen) atoms. The van der Waals surface area contributed by atoms with Gasteiger partial charge in [-0.05, 0) is 52.6 Å². The minimum atomic E-state index is -0.432. The van der Waals surface area contributed by atoms with E-state index in [-0.39, 0.29) is 16.2 Å². The number of nitrogens with one attached hydrogen (secondary N) is 1. The predicted molar refractivity (Wildman–Crippen MR) is 82.8 cm³/mol. The van der Waals surface area contributed by atoms with Crippen molar-refractivity contribution < 1.29 is 8.78 Å². The average Bonchev–Trinajstić information content (AvgIpc) is 2.35. The highest BCUT2D eigenvalue weighted by Crippen LogP contribution is 2.36. The van der Waals surface area contributed by atoms with E-state index in [0.29, 0.717) is 17.8 Å². The molecule has 1 N–H and O–H groups in total. The Morgan fingerprint density at radius 2 is 1.90 bits per heavy atom. The lowest BCUT2D eigenvalue weighted by Crippen LogP contribution is -2.38. The van der Waals surface area contributed by atoms with Gasteiger partial charge in [0.25, 0.3) is 0 Å². The largest absolute Gasteiger partial charge is 0.380 e. The molecule has 0 radical (unpaired) electrons. The monoisotopic (exact) mass is 345 g/mol. The van der Waals surface area contributed by atoms with E-state index in [2.05, 4.69) is 42.0 Å². The van der Waals surface area contributed by atoms with E-state index in [1.54, 1.807) is 0 Å². The number of rotatable bonds is 3. The van der Waals surface area contributed by atoms with Crippen LogP contribution in [0.3, 0.4) is 0 Å². The van der Waals surface area contributed by atoms with Crippen molar-refractivity contribution >= 4 is 21.6 Å². The third-order valence-electron chi connectivity index (χ3n) is 4.37. The van der Waals surface area contributed by atoms with Crippen LogP contribution in [0.2, 0.25) is 0 Å². The van der Waals surface area contributed by atoms with E-state index in [4.69, 9.17) is 0 Å². The minimum Gasteiger partial charge on any atom is -0.380 e. The van der Waals surface area contributed by atoms with Gasteiger partial charge in [0, 0.05) is 12.1 Å². The zero-order valence-corrected chi connectivity index (χ0v) is 13.8. The molecule has 1 aromatic rings. The van der Waals surface area contributed by atoms with Crippen LogP contribution in [0.1, 0.15) is 40.0 Å². The van der Waals surface area contributed by atoms with Crippen LogP contribution in [0.15, 0.2) is 16.6 Å². The van der Waals surface area contributed by atoms with Crippen LogP contribution in [-0.4, -0.2) is 6.04 Å². The number of anilines is 1. The maximum absolute atomic E-state index is 14.0. The van der Waals surface area contributed by atoms with Gasteiger partial charge in [-0.2, -0.15) is 0 Å². The van der Waals surface area contributed by atoms with Gasteiger partial charge in [0.15, 0.2) is 0 Å². The summed E-state index contributed by atoms with van der Waals surface area (Å²) < 4.78 is 27.7. The second-order valence-corrected chi connectivity index (χ2v) is 7.18. The zero-order valence-electron chi connectivity index (χ0n) is 12.2. The van der Waals surface area contributed by atoms with E-state index in [1.165, 1.54) is 18.6 Å². The molecule has 0 heterocycles. The van der Waals surface area contributed by atoms with Crippen molar-refractivity contribution in [1.29, 1.82) is 0 Å². The van der Waals surface area contributed by atoms with Gasteiger partial charge >= 0.3 is 0 Å². The van der Waals surface area contributed by atoms with E-state index in [1.807, 2.05) is 0 Å². The molecule has 112 valence electrons. The minimum absolute atomic E-state index is 0.165. The number of halogens is 3. The Morgan fingerprint density at radius 1 is 1.20 bits per heavy atom. The molecule has 4 heteroatoms. The molecule has 1 aliphatic carbocycles. The molecule has 3 atom stereocenters. The normalized spacial score (nSPS) is 26.9. The van der Waals surface area contributed by atoms with E-state index >= 15 is 0 Å². The Hall–Kier alpha value is -0.640. The van der Waals surface area contributed by atoms with Crippen molar-refractivity contribution in [3.8, 4) is 0 Å².